The number of fused-ring (bicyclic) bond motifs is 3. The Hall–Kier alpha value is -3.79. The van der Waals surface area contributed by atoms with E-state index < -0.39 is 23.5 Å². The Morgan fingerprint density at radius 1 is 1.03 bits per heavy atom. The average Bonchev–Trinajstić information content (AvgIpc) is 3.18. The highest BCUT2D eigenvalue weighted by Gasteiger charge is 2.40. The molecule has 0 bridgehead atoms. The lowest BCUT2D eigenvalue weighted by molar-refractivity contribution is -0.143. The van der Waals surface area contributed by atoms with Crippen LogP contribution in [0.25, 0.3) is 11.1 Å². The predicted molar refractivity (Wildman–Crippen MR) is 132 cm³/mol. The van der Waals surface area contributed by atoms with Crippen molar-refractivity contribution in [3.8, 4) is 23.0 Å². The third-order valence-corrected chi connectivity index (χ3v) is 7.14. The van der Waals surface area contributed by atoms with Gasteiger partial charge in [-0.1, -0.05) is 73.7 Å². The molecule has 4 rings (SSSR count). The van der Waals surface area contributed by atoms with Crippen LogP contribution in [0, 0.1) is 11.8 Å². The minimum atomic E-state index is -0.920. The molecule has 7 heteroatoms. The molecule has 7 nitrogen and oxygen atoms in total. The summed E-state index contributed by atoms with van der Waals surface area (Å²) < 4.78 is 5.47. The number of carboxylic acid groups (broad SMARTS) is 1. The first-order valence-electron chi connectivity index (χ1n) is 12.0. The number of rotatable bonds is 6. The fourth-order valence-electron chi connectivity index (χ4n) is 5.31. The molecule has 1 fully saturated rings. The Bertz CT molecular complexity index is 1130. The molecule has 0 heterocycles. The molecule has 2 aliphatic rings. The Labute approximate surface area is 205 Å². The average molecular weight is 475 g/mol. The van der Waals surface area contributed by atoms with Gasteiger partial charge in [-0.15, -0.1) is 0 Å². The Morgan fingerprint density at radius 2 is 1.63 bits per heavy atom. The summed E-state index contributed by atoms with van der Waals surface area (Å²) in [5.41, 5.74) is 3.88. The van der Waals surface area contributed by atoms with Crippen LogP contribution < -0.4 is 5.32 Å². The molecule has 0 spiro atoms. The maximum absolute atomic E-state index is 12.6. The summed E-state index contributed by atoms with van der Waals surface area (Å²) in [6, 6.07) is 16.2. The fourth-order valence-corrected chi connectivity index (χ4v) is 5.31. The molecule has 2 aromatic carbocycles. The van der Waals surface area contributed by atoms with Crippen molar-refractivity contribution in [1.82, 2.24) is 10.2 Å². The molecule has 0 aromatic heterocycles. The van der Waals surface area contributed by atoms with E-state index in [9.17, 15) is 19.5 Å². The summed E-state index contributed by atoms with van der Waals surface area (Å²) in [4.78, 5) is 37.7. The zero-order valence-electron chi connectivity index (χ0n) is 19.9. The largest absolute Gasteiger partial charge is 0.481 e. The van der Waals surface area contributed by atoms with E-state index in [2.05, 4.69) is 41.4 Å². The predicted octanol–water partition coefficient (Wildman–Crippen LogP) is 4.16. The number of alkyl carbamates (subject to hydrolysis) is 1. The van der Waals surface area contributed by atoms with Crippen molar-refractivity contribution in [3.63, 3.8) is 0 Å². The van der Waals surface area contributed by atoms with Gasteiger partial charge in [0.1, 0.15) is 6.61 Å². The minimum Gasteiger partial charge on any atom is -0.481 e. The highest BCUT2D eigenvalue weighted by atomic mass is 16.5. The molecule has 0 unspecified atom stereocenters. The number of nitrogens with one attached hydrogen (secondary N) is 1. The number of hydrogen-bond acceptors (Lipinski definition) is 4. The molecule has 0 radical (unpaired) electrons. The zero-order valence-corrected chi connectivity index (χ0v) is 19.9. The van der Waals surface area contributed by atoms with E-state index in [1.54, 1.807) is 7.05 Å². The molecule has 1 saturated carbocycles. The van der Waals surface area contributed by atoms with E-state index in [1.807, 2.05) is 24.3 Å². The van der Waals surface area contributed by atoms with E-state index in [-0.39, 0.29) is 25.5 Å². The molecular weight excluding hydrogens is 444 g/mol. The third kappa shape index (κ3) is 5.32. The van der Waals surface area contributed by atoms with Crippen LogP contribution in [0.1, 0.15) is 55.6 Å². The van der Waals surface area contributed by atoms with Crippen LogP contribution in [0.5, 0.6) is 0 Å². The summed E-state index contributed by atoms with van der Waals surface area (Å²) >= 11 is 0. The number of carbonyl (C=O) groups excluding carboxylic acids is 2. The van der Waals surface area contributed by atoms with Gasteiger partial charge in [0.2, 0.25) is 0 Å². The first-order valence-corrected chi connectivity index (χ1v) is 12.0. The summed E-state index contributed by atoms with van der Waals surface area (Å²) in [6.45, 7) is 0.162. The second-order valence-electron chi connectivity index (χ2n) is 9.20. The van der Waals surface area contributed by atoms with Crippen LogP contribution in [0.15, 0.2) is 48.5 Å². The van der Waals surface area contributed by atoms with Gasteiger partial charge in [0, 0.05) is 13.0 Å². The Morgan fingerprint density at radius 3 is 2.23 bits per heavy atom. The first-order chi connectivity index (χ1) is 16.9. The van der Waals surface area contributed by atoms with Gasteiger partial charge in [-0.2, -0.15) is 0 Å². The van der Waals surface area contributed by atoms with Crippen molar-refractivity contribution in [3.05, 3.63) is 59.7 Å². The smallest absolute Gasteiger partial charge is 0.407 e. The first kappa shape index (κ1) is 24.3. The van der Waals surface area contributed by atoms with Gasteiger partial charge in [-0.25, -0.2) is 4.79 Å². The van der Waals surface area contributed by atoms with Gasteiger partial charge >= 0.3 is 12.1 Å². The van der Waals surface area contributed by atoms with Crippen LogP contribution in [-0.2, 0) is 14.3 Å². The molecule has 0 atom stereocenters. The zero-order chi connectivity index (χ0) is 24.8. The standard InChI is InChI=1S/C28H30N2O5/c1-30(28(18-26(32)33)15-7-2-8-16-28)25(31)14-9-17-29-27(34)35-19-24-22-12-5-3-10-20(22)21-11-4-6-13-23(21)24/h3-6,10-13,24H,2,7-8,15-19H2,1H3,(H,29,34)(H,32,33). The van der Waals surface area contributed by atoms with Gasteiger partial charge < -0.3 is 20.1 Å². The monoisotopic (exact) mass is 474 g/mol. The molecule has 2 N–H and O–H groups in total. The van der Waals surface area contributed by atoms with Crippen molar-refractivity contribution < 1.29 is 24.2 Å². The number of carboxylic acids is 1. The maximum atomic E-state index is 12.6. The van der Waals surface area contributed by atoms with Crippen LogP contribution in [-0.4, -0.2) is 53.7 Å². The topological polar surface area (TPSA) is 95.9 Å². The van der Waals surface area contributed by atoms with Crippen molar-refractivity contribution >= 4 is 18.0 Å². The molecular formula is C28H30N2O5. The molecule has 182 valence electrons. The van der Waals surface area contributed by atoms with Crippen molar-refractivity contribution in [2.75, 3.05) is 20.2 Å². The Kier molecular flexibility index (Phi) is 7.40. The number of nitrogens with zero attached hydrogens (tertiary/aromatic N) is 1. The van der Waals surface area contributed by atoms with E-state index in [4.69, 9.17) is 4.74 Å². The number of benzene rings is 2. The van der Waals surface area contributed by atoms with Crippen LogP contribution in [0.3, 0.4) is 0 Å². The normalized spacial score (nSPS) is 15.7. The lowest BCUT2D eigenvalue weighted by Crippen LogP contribution is -2.51. The molecule has 2 aromatic rings. The van der Waals surface area contributed by atoms with Gasteiger partial charge in [-0.05, 0) is 41.0 Å². The number of amides is 2. The lowest BCUT2D eigenvalue weighted by atomic mass is 9.78. The van der Waals surface area contributed by atoms with Gasteiger partial charge in [-0.3, -0.25) is 9.59 Å². The second-order valence-corrected chi connectivity index (χ2v) is 9.20. The second kappa shape index (κ2) is 10.6. The molecule has 2 amide bonds. The number of ether oxygens (including phenoxy) is 1. The fraction of sp³-hybridized carbons (Fsp3) is 0.393. The van der Waals surface area contributed by atoms with Gasteiger partial charge in [0.15, 0.2) is 0 Å². The van der Waals surface area contributed by atoms with E-state index in [0.717, 1.165) is 41.5 Å². The number of hydrogen-bond donors (Lipinski definition) is 2. The highest BCUT2D eigenvalue weighted by molar-refractivity contribution is 5.94. The number of aliphatic carboxylic acids is 1. The summed E-state index contributed by atoms with van der Waals surface area (Å²) in [5, 5.41) is 11.9. The molecule has 0 aliphatic heterocycles. The van der Waals surface area contributed by atoms with Crippen LogP contribution >= 0.6 is 0 Å². The van der Waals surface area contributed by atoms with Crippen molar-refractivity contribution in [2.45, 2.75) is 50.0 Å². The Balaban J connectivity index is 1.30. The molecule has 2 aliphatic carbocycles. The SMILES string of the molecule is CN(C(=O)C#CCNC(=O)OCC1c2ccccc2-c2ccccc21)C1(CC(=O)O)CCCCC1. The summed E-state index contributed by atoms with van der Waals surface area (Å²) in [6.07, 6.45) is 3.44. The van der Waals surface area contributed by atoms with Crippen LogP contribution in [0.2, 0.25) is 0 Å². The maximum Gasteiger partial charge on any atom is 0.407 e. The van der Waals surface area contributed by atoms with Crippen LogP contribution in [0.4, 0.5) is 4.79 Å². The summed E-state index contributed by atoms with van der Waals surface area (Å²) in [5.74, 6) is 3.80. The lowest BCUT2D eigenvalue weighted by Gasteiger charge is -2.43. The van der Waals surface area contributed by atoms with Gasteiger partial charge in [0.25, 0.3) is 5.91 Å². The van der Waals surface area contributed by atoms with Gasteiger partial charge in [0.05, 0.1) is 18.5 Å². The molecule has 0 saturated heterocycles. The minimum absolute atomic E-state index is 0.0321. The van der Waals surface area contributed by atoms with E-state index in [1.165, 1.54) is 4.90 Å². The van der Waals surface area contributed by atoms with Crippen molar-refractivity contribution in [1.29, 1.82) is 0 Å². The number of carbonyl (C=O) groups is 3. The van der Waals surface area contributed by atoms with E-state index in [0.29, 0.717) is 12.8 Å². The quantitative estimate of drug-likeness (QED) is 0.613. The third-order valence-electron chi connectivity index (χ3n) is 7.14. The van der Waals surface area contributed by atoms with Crippen molar-refractivity contribution in [2.24, 2.45) is 0 Å². The highest BCUT2D eigenvalue weighted by Crippen LogP contribution is 2.44. The molecule has 35 heavy (non-hydrogen) atoms. The van der Waals surface area contributed by atoms with E-state index >= 15 is 0 Å². The summed E-state index contributed by atoms with van der Waals surface area (Å²) in [7, 11) is 1.62.